The van der Waals surface area contributed by atoms with Crippen molar-refractivity contribution in [2.75, 3.05) is 68.4 Å². The van der Waals surface area contributed by atoms with Gasteiger partial charge in [-0.3, -0.25) is 9.59 Å². The number of methoxy groups -OCH3 is 2. The number of hydrogen-bond donors (Lipinski definition) is 2. The molecule has 1 aliphatic carbocycles. The zero-order valence-corrected chi connectivity index (χ0v) is 23.6. The Morgan fingerprint density at radius 1 is 0.975 bits per heavy atom. The highest BCUT2D eigenvalue weighted by molar-refractivity contribution is 5.81. The molecule has 1 saturated heterocycles. The smallest absolute Gasteiger partial charge is 0.310 e. The highest BCUT2D eigenvalue weighted by Crippen LogP contribution is 2.55. The number of fused-ring (bicyclic) bond motifs is 3. The summed E-state index contributed by atoms with van der Waals surface area (Å²) in [5.41, 5.74) is 2.37. The third kappa shape index (κ3) is 5.23. The number of ether oxygens (including phenoxy) is 5. The molecule has 2 N–H and O–H groups in total. The maximum atomic E-state index is 13.3. The fourth-order valence-corrected chi connectivity index (χ4v) is 5.86. The highest BCUT2D eigenvalue weighted by Gasteiger charge is 2.53. The molecule has 0 aromatic heterocycles. The van der Waals surface area contributed by atoms with Gasteiger partial charge < -0.3 is 43.9 Å². The molecule has 0 radical (unpaired) electrons. The Morgan fingerprint density at radius 2 is 1.62 bits per heavy atom. The predicted molar refractivity (Wildman–Crippen MR) is 145 cm³/mol. The topological polar surface area (TPSA) is 119 Å². The van der Waals surface area contributed by atoms with Crippen LogP contribution in [0, 0.1) is 11.8 Å². The number of likely N-dealkylation sites (N-methyl/N-ethyl adjacent to an activating group) is 2. The number of cyclic esters (lactones) is 1. The largest absolute Gasteiger partial charge is 0.502 e. The first kappa shape index (κ1) is 27.9. The number of benzene rings is 2. The summed E-state index contributed by atoms with van der Waals surface area (Å²) in [7, 11) is 8.96. The Morgan fingerprint density at radius 3 is 2.25 bits per heavy atom. The van der Waals surface area contributed by atoms with Gasteiger partial charge in [-0.25, -0.2) is 0 Å². The van der Waals surface area contributed by atoms with Gasteiger partial charge in [0.2, 0.25) is 18.4 Å². The Kier molecular flexibility index (Phi) is 7.95. The minimum atomic E-state index is -0.583. The van der Waals surface area contributed by atoms with Crippen LogP contribution in [0.3, 0.4) is 0 Å². The summed E-state index contributed by atoms with van der Waals surface area (Å²) in [6.07, 6.45) is 0.322. The van der Waals surface area contributed by atoms with Gasteiger partial charge in [0.05, 0.1) is 32.8 Å². The lowest BCUT2D eigenvalue weighted by atomic mass is 9.65. The summed E-state index contributed by atoms with van der Waals surface area (Å²) < 4.78 is 27.8. The Hall–Kier alpha value is -3.70. The van der Waals surface area contributed by atoms with E-state index in [-0.39, 0.29) is 48.4 Å². The van der Waals surface area contributed by atoms with Crippen molar-refractivity contribution >= 4 is 11.9 Å². The summed E-state index contributed by atoms with van der Waals surface area (Å²) in [6.45, 7) is 2.63. The third-order valence-corrected chi connectivity index (χ3v) is 8.01. The summed E-state index contributed by atoms with van der Waals surface area (Å²) in [5.74, 6) is -0.307. The first-order valence-electron chi connectivity index (χ1n) is 13.4. The predicted octanol–water partition coefficient (Wildman–Crippen LogP) is 2.11. The molecule has 0 saturated carbocycles. The van der Waals surface area contributed by atoms with Crippen molar-refractivity contribution in [3.05, 3.63) is 41.0 Å². The van der Waals surface area contributed by atoms with Gasteiger partial charge >= 0.3 is 5.97 Å². The molecule has 40 heavy (non-hydrogen) atoms. The van der Waals surface area contributed by atoms with Gasteiger partial charge in [0.25, 0.3) is 0 Å². The van der Waals surface area contributed by atoms with Crippen molar-refractivity contribution in [2.24, 2.45) is 11.8 Å². The average Bonchev–Trinajstić information content (AvgIpc) is 3.56. The van der Waals surface area contributed by atoms with Crippen LogP contribution in [0.2, 0.25) is 0 Å². The molecule has 4 unspecified atom stereocenters. The molecule has 1 fully saturated rings. The lowest BCUT2D eigenvalue weighted by molar-refractivity contribution is -0.141. The number of hydrogen-bond acceptors (Lipinski definition) is 10. The fourth-order valence-electron chi connectivity index (χ4n) is 5.86. The van der Waals surface area contributed by atoms with Crippen molar-refractivity contribution in [3.8, 4) is 28.7 Å². The number of carbonyl (C=O) groups is 2. The molecule has 2 aliphatic heterocycles. The SMILES string of the molecule is COc1cc(C2c3cc4c(cc3C(NC(=O)CCN(C)CCN(C)C)C3COC(=O)C23)OCO4)cc(OC)c1O. The van der Waals surface area contributed by atoms with Gasteiger partial charge in [-0.2, -0.15) is 0 Å². The third-order valence-electron chi connectivity index (χ3n) is 8.01. The quantitative estimate of drug-likeness (QED) is 0.422. The second-order valence-corrected chi connectivity index (χ2v) is 10.8. The van der Waals surface area contributed by atoms with Crippen molar-refractivity contribution in [3.63, 3.8) is 0 Å². The standard InChI is InChI=1S/C29H37N3O8/c1-31(2)8-9-32(3)7-6-24(33)30-27-18-13-21-20(39-15-40-21)12-17(18)25(26-19(27)14-38-29(26)35)16-10-22(36-4)28(34)23(11-16)37-5/h10-13,19,25-27,34H,6-9,14-15H2,1-5H3,(H,30,33). The second kappa shape index (κ2) is 11.4. The van der Waals surface area contributed by atoms with Crippen LogP contribution in [0.15, 0.2) is 24.3 Å². The minimum Gasteiger partial charge on any atom is -0.502 e. The molecule has 3 aliphatic rings. The lowest BCUT2D eigenvalue weighted by Gasteiger charge is -2.39. The van der Waals surface area contributed by atoms with Crippen LogP contribution < -0.4 is 24.3 Å². The number of aromatic hydroxyl groups is 1. The van der Waals surface area contributed by atoms with Crippen LogP contribution >= 0.6 is 0 Å². The van der Waals surface area contributed by atoms with Crippen LogP contribution in [0.5, 0.6) is 28.7 Å². The van der Waals surface area contributed by atoms with E-state index in [0.717, 1.165) is 24.2 Å². The molecular weight excluding hydrogens is 518 g/mol. The number of carbonyl (C=O) groups excluding carboxylic acids is 2. The number of amides is 1. The van der Waals surface area contributed by atoms with E-state index in [9.17, 15) is 14.7 Å². The molecule has 11 nitrogen and oxygen atoms in total. The highest BCUT2D eigenvalue weighted by atomic mass is 16.7. The summed E-state index contributed by atoms with van der Waals surface area (Å²) in [6, 6.07) is 6.73. The van der Waals surface area contributed by atoms with Gasteiger partial charge in [0.1, 0.15) is 0 Å². The summed E-state index contributed by atoms with van der Waals surface area (Å²) in [4.78, 5) is 30.7. The maximum absolute atomic E-state index is 13.3. The van der Waals surface area contributed by atoms with Crippen molar-refractivity contribution in [2.45, 2.75) is 18.4 Å². The van der Waals surface area contributed by atoms with Crippen LogP contribution in [-0.2, 0) is 14.3 Å². The van der Waals surface area contributed by atoms with E-state index in [0.29, 0.717) is 30.0 Å². The number of phenolic OH excluding ortho intramolecular Hbond substituents is 1. The number of phenols is 1. The van der Waals surface area contributed by atoms with Gasteiger partial charge in [-0.15, -0.1) is 0 Å². The molecular formula is C29H37N3O8. The number of nitrogens with one attached hydrogen (secondary N) is 1. The van der Waals surface area contributed by atoms with E-state index in [1.165, 1.54) is 14.2 Å². The Balaban J connectivity index is 1.52. The Bertz CT molecular complexity index is 1260. The number of esters is 1. The number of rotatable bonds is 10. The minimum absolute atomic E-state index is 0.0922. The van der Waals surface area contributed by atoms with Gasteiger partial charge in [-0.1, -0.05) is 0 Å². The van der Waals surface area contributed by atoms with Crippen molar-refractivity contribution in [1.29, 1.82) is 0 Å². The summed E-state index contributed by atoms with van der Waals surface area (Å²) in [5, 5.41) is 13.7. The maximum Gasteiger partial charge on any atom is 0.310 e. The molecule has 1 amide bonds. The van der Waals surface area contributed by atoms with Crippen LogP contribution in [0.1, 0.15) is 35.1 Å². The molecule has 0 bridgehead atoms. The van der Waals surface area contributed by atoms with Gasteiger partial charge in [0.15, 0.2) is 23.0 Å². The van der Waals surface area contributed by atoms with Crippen molar-refractivity contribution < 1.29 is 38.4 Å². The summed E-state index contributed by atoms with van der Waals surface area (Å²) >= 11 is 0. The zero-order valence-electron chi connectivity index (χ0n) is 23.6. The second-order valence-electron chi connectivity index (χ2n) is 10.8. The zero-order chi connectivity index (χ0) is 28.6. The molecule has 5 rings (SSSR count). The lowest BCUT2D eigenvalue weighted by Crippen LogP contribution is -2.43. The van der Waals surface area contributed by atoms with E-state index in [2.05, 4.69) is 15.1 Å². The Labute approximate surface area is 233 Å². The molecule has 4 atom stereocenters. The van der Waals surface area contributed by atoms with E-state index in [4.69, 9.17) is 23.7 Å². The van der Waals surface area contributed by atoms with Gasteiger partial charge in [-0.05, 0) is 62.1 Å². The van der Waals surface area contributed by atoms with Crippen LogP contribution in [-0.4, -0.2) is 95.2 Å². The van der Waals surface area contributed by atoms with Crippen LogP contribution in [0.4, 0.5) is 0 Å². The number of nitrogens with zero attached hydrogens (tertiary/aromatic N) is 2. The molecule has 2 aromatic rings. The van der Waals surface area contributed by atoms with Crippen LogP contribution in [0.25, 0.3) is 0 Å². The normalized spacial score (nSPS) is 22.6. The first-order valence-corrected chi connectivity index (χ1v) is 13.4. The molecule has 11 heteroatoms. The molecule has 0 spiro atoms. The van der Waals surface area contributed by atoms with E-state index in [1.807, 2.05) is 33.3 Å². The van der Waals surface area contributed by atoms with Gasteiger partial charge in [0, 0.05) is 37.9 Å². The fraction of sp³-hybridized carbons (Fsp3) is 0.517. The van der Waals surface area contributed by atoms with E-state index < -0.39 is 17.9 Å². The monoisotopic (exact) mass is 555 g/mol. The van der Waals surface area contributed by atoms with E-state index >= 15 is 0 Å². The molecule has 216 valence electrons. The van der Waals surface area contributed by atoms with Crippen molar-refractivity contribution in [1.82, 2.24) is 15.1 Å². The average molecular weight is 556 g/mol. The van der Waals surface area contributed by atoms with E-state index in [1.54, 1.807) is 12.1 Å². The first-order chi connectivity index (χ1) is 19.2. The molecule has 2 heterocycles. The molecule has 2 aromatic carbocycles.